The molecule has 29 heavy (non-hydrogen) atoms. The summed E-state index contributed by atoms with van der Waals surface area (Å²) in [6, 6.07) is 11.4. The van der Waals surface area contributed by atoms with Gasteiger partial charge in [-0.15, -0.1) is 11.3 Å². The highest BCUT2D eigenvalue weighted by molar-refractivity contribution is 7.14. The summed E-state index contributed by atoms with van der Waals surface area (Å²) in [6.07, 6.45) is 0. The Bertz CT molecular complexity index is 1050. The van der Waals surface area contributed by atoms with Crippen LogP contribution in [0, 0.1) is 27.7 Å². The first-order valence-electron chi connectivity index (χ1n) is 9.33. The number of aryl methyl sites for hydroxylation is 4. The fourth-order valence-electron chi connectivity index (χ4n) is 3.37. The summed E-state index contributed by atoms with van der Waals surface area (Å²) < 4.78 is 5.39. The number of nitrogens with zero attached hydrogens (tertiary/aromatic N) is 2. The Kier molecular flexibility index (Phi) is 6.13. The smallest absolute Gasteiger partial charge is 0.338 e. The van der Waals surface area contributed by atoms with Gasteiger partial charge in [0.1, 0.15) is 6.61 Å². The minimum absolute atomic E-state index is 0.0564. The predicted molar refractivity (Wildman–Crippen MR) is 116 cm³/mol. The average molecular weight is 409 g/mol. The molecule has 5 nitrogen and oxygen atoms in total. The van der Waals surface area contributed by atoms with E-state index in [-0.39, 0.29) is 12.5 Å². The van der Waals surface area contributed by atoms with Crippen molar-refractivity contribution in [3.05, 3.63) is 75.3 Å². The maximum atomic E-state index is 12.4. The molecule has 3 aromatic rings. The highest BCUT2D eigenvalue weighted by Crippen LogP contribution is 2.34. The van der Waals surface area contributed by atoms with E-state index in [0.29, 0.717) is 16.4 Å². The van der Waals surface area contributed by atoms with Crippen LogP contribution in [0.1, 0.15) is 45.2 Å². The highest BCUT2D eigenvalue weighted by atomic mass is 32.1. The highest BCUT2D eigenvalue weighted by Gasteiger charge is 2.22. The number of amides is 1. The molecule has 3 rings (SSSR count). The maximum absolute atomic E-state index is 12.4. The third-order valence-corrected chi connectivity index (χ3v) is 5.38. The third kappa shape index (κ3) is 4.71. The topological polar surface area (TPSA) is 59.5 Å². The van der Waals surface area contributed by atoms with E-state index in [1.807, 2.05) is 45.2 Å². The summed E-state index contributed by atoms with van der Waals surface area (Å²) in [5, 5.41) is 2.38. The molecule has 0 radical (unpaired) electrons. The van der Waals surface area contributed by atoms with Crippen molar-refractivity contribution in [1.82, 2.24) is 4.98 Å². The lowest BCUT2D eigenvalue weighted by atomic mass is 10.0. The van der Waals surface area contributed by atoms with Crippen LogP contribution in [0.5, 0.6) is 0 Å². The normalized spacial score (nSPS) is 10.7. The van der Waals surface area contributed by atoms with Gasteiger partial charge in [0.2, 0.25) is 5.91 Å². The molecule has 6 heteroatoms. The summed E-state index contributed by atoms with van der Waals surface area (Å²) in [4.78, 5) is 30.9. The number of benzene rings is 2. The van der Waals surface area contributed by atoms with E-state index < -0.39 is 5.97 Å². The Morgan fingerprint density at radius 1 is 1.03 bits per heavy atom. The summed E-state index contributed by atoms with van der Waals surface area (Å²) in [6.45, 7) is 9.52. The third-order valence-electron chi connectivity index (χ3n) is 4.51. The zero-order valence-electron chi connectivity index (χ0n) is 17.3. The number of anilines is 2. The Morgan fingerprint density at radius 3 is 2.34 bits per heavy atom. The second kappa shape index (κ2) is 8.57. The van der Waals surface area contributed by atoms with Gasteiger partial charge in [0.15, 0.2) is 5.13 Å². The molecule has 0 aliphatic rings. The van der Waals surface area contributed by atoms with Crippen LogP contribution in [0.4, 0.5) is 10.8 Å². The fraction of sp³-hybridized carbons (Fsp3) is 0.261. The van der Waals surface area contributed by atoms with E-state index in [9.17, 15) is 9.59 Å². The van der Waals surface area contributed by atoms with Crippen molar-refractivity contribution in [2.24, 2.45) is 0 Å². The number of esters is 1. The summed E-state index contributed by atoms with van der Waals surface area (Å²) in [5.41, 5.74) is 6.14. The van der Waals surface area contributed by atoms with Crippen LogP contribution in [0.25, 0.3) is 0 Å². The molecule has 0 saturated carbocycles. The molecular formula is C23H24N2O3S. The Hall–Kier alpha value is -2.99. The Labute approximate surface area is 175 Å². The van der Waals surface area contributed by atoms with Gasteiger partial charge in [0.25, 0.3) is 0 Å². The van der Waals surface area contributed by atoms with Gasteiger partial charge >= 0.3 is 5.97 Å². The number of carbonyl (C=O) groups excluding carboxylic acids is 2. The molecule has 1 aromatic heterocycles. The molecule has 0 spiro atoms. The molecule has 1 amide bonds. The van der Waals surface area contributed by atoms with Crippen LogP contribution in [-0.2, 0) is 16.1 Å². The lowest BCUT2D eigenvalue weighted by Crippen LogP contribution is -2.24. The quantitative estimate of drug-likeness (QED) is 0.529. The molecule has 0 aliphatic heterocycles. The predicted octanol–water partition coefficient (Wildman–Crippen LogP) is 5.42. The van der Waals surface area contributed by atoms with Gasteiger partial charge in [0.05, 0.1) is 16.9 Å². The van der Waals surface area contributed by atoms with E-state index in [0.717, 1.165) is 27.9 Å². The van der Waals surface area contributed by atoms with E-state index in [1.165, 1.54) is 18.3 Å². The molecule has 2 aromatic carbocycles. The van der Waals surface area contributed by atoms with Crippen molar-refractivity contribution in [2.45, 2.75) is 41.2 Å². The molecule has 0 atom stereocenters. The lowest BCUT2D eigenvalue weighted by molar-refractivity contribution is -0.115. The average Bonchev–Trinajstić information content (AvgIpc) is 3.10. The minimum atomic E-state index is -0.392. The SMILES string of the molecule is CC(=O)N(c1nc(COC(=O)c2cccc(C)c2)cs1)c1c(C)cc(C)cc1C. The van der Waals surface area contributed by atoms with E-state index in [2.05, 4.69) is 17.1 Å². The number of thiazole rings is 1. The van der Waals surface area contributed by atoms with Crippen molar-refractivity contribution in [3.8, 4) is 0 Å². The van der Waals surface area contributed by atoms with Crippen molar-refractivity contribution < 1.29 is 14.3 Å². The molecule has 0 aliphatic carbocycles. The molecule has 0 bridgehead atoms. The molecule has 150 valence electrons. The zero-order valence-corrected chi connectivity index (χ0v) is 18.1. The Balaban J connectivity index is 1.80. The first-order chi connectivity index (χ1) is 13.8. The molecule has 0 saturated heterocycles. The van der Waals surface area contributed by atoms with E-state index in [4.69, 9.17) is 4.74 Å². The monoisotopic (exact) mass is 408 g/mol. The number of aromatic nitrogens is 1. The van der Waals surface area contributed by atoms with Gasteiger partial charge in [0, 0.05) is 12.3 Å². The van der Waals surface area contributed by atoms with Gasteiger partial charge in [-0.05, 0) is 51.0 Å². The van der Waals surface area contributed by atoms with Crippen LogP contribution in [0.15, 0.2) is 41.8 Å². The van der Waals surface area contributed by atoms with Crippen molar-refractivity contribution in [2.75, 3.05) is 4.90 Å². The van der Waals surface area contributed by atoms with Crippen LogP contribution >= 0.6 is 11.3 Å². The second-order valence-corrected chi connectivity index (χ2v) is 8.01. The maximum Gasteiger partial charge on any atom is 0.338 e. The number of carbonyl (C=O) groups is 2. The molecule has 0 N–H and O–H groups in total. The first-order valence-corrected chi connectivity index (χ1v) is 10.2. The van der Waals surface area contributed by atoms with Gasteiger partial charge in [-0.25, -0.2) is 9.78 Å². The number of hydrogen-bond donors (Lipinski definition) is 0. The van der Waals surface area contributed by atoms with E-state index >= 15 is 0 Å². The van der Waals surface area contributed by atoms with Crippen LogP contribution in [-0.4, -0.2) is 16.9 Å². The van der Waals surface area contributed by atoms with Crippen molar-refractivity contribution >= 4 is 34.0 Å². The fourth-order valence-corrected chi connectivity index (χ4v) is 4.23. The number of ether oxygens (including phenoxy) is 1. The first kappa shape index (κ1) is 20.7. The summed E-state index contributed by atoms with van der Waals surface area (Å²) in [7, 11) is 0. The van der Waals surface area contributed by atoms with Crippen molar-refractivity contribution in [3.63, 3.8) is 0 Å². The zero-order chi connectivity index (χ0) is 21.1. The largest absolute Gasteiger partial charge is 0.456 e. The van der Waals surface area contributed by atoms with Gasteiger partial charge in [-0.2, -0.15) is 0 Å². The second-order valence-electron chi connectivity index (χ2n) is 7.17. The van der Waals surface area contributed by atoms with Crippen LogP contribution < -0.4 is 4.90 Å². The van der Waals surface area contributed by atoms with Crippen LogP contribution in [0.3, 0.4) is 0 Å². The minimum Gasteiger partial charge on any atom is -0.456 e. The van der Waals surface area contributed by atoms with E-state index in [1.54, 1.807) is 17.0 Å². The van der Waals surface area contributed by atoms with Gasteiger partial charge in [-0.1, -0.05) is 35.4 Å². The number of rotatable bonds is 5. The summed E-state index contributed by atoms with van der Waals surface area (Å²) >= 11 is 1.36. The molecule has 1 heterocycles. The molecule has 0 unspecified atom stereocenters. The van der Waals surface area contributed by atoms with Crippen LogP contribution in [0.2, 0.25) is 0 Å². The van der Waals surface area contributed by atoms with Crippen molar-refractivity contribution in [1.29, 1.82) is 0 Å². The molecule has 0 fully saturated rings. The van der Waals surface area contributed by atoms with Gasteiger partial charge < -0.3 is 4.74 Å². The number of hydrogen-bond acceptors (Lipinski definition) is 5. The van der Waals surface area contributed by atoms with Gasteiger partial charge in [-0.3, -0.25) is 9.69 Å². The Morgan fingerprint density at radius 2 is 1.72 bits per heavy atom. The standard InChI is InChI=1S/C23H24N2O3S/c1-14-7-6-8-19(11-14)22(27)28-12-20-13-29-23(24-20)25(18(5)26)21-16(3)9-15(2)10-17(21)4/h6-11,13H,12H2,1-5H3. The summed E-state index contributed by atoms with van der Waals surface area (Å²) in [5.74, 6) is -0.505. The molecular weight excluding hydrogens is 384 g/mol. The lowest BCUT2D eigenvalue weighted by Gasteiger charge is -2.23.